The Morgan fingerprint density at radius 2 is 0.270 bits per heavy atom. The topological polar surface area (TPSA) is 615 Å². The minimum absolute atomic E-state index is 0.675. The van der Waals surface area contributed by atoms with E-state index in [0.717, 1.165) is 0 Å². The van der Waals surface area contributed by atoms with Gasteiger partial charge >= 0.3 is 280 Å². The van der Waals surface area contributed by atoms with Gasteiger partial charge in [0.05, 0.1) is 0 Å². The number of rotatable bonds is 36. The molecule has 36 nitrogen and oxygen atoms in total. The van der Waals surface area contributed by atoms with Crippen molar-refractivity contribution in [1.82, 2.24) is 0 Å². The molecule has 0 atom stereocenters. The zero-order valence-corrected chi connectivity index (χ0v) is 71.9. The van der Waals surface area contributed by atoms with Crippen molar-refractivity contribution in [3.05, 3.63) is 0 Å². The summed E-state index contributed by atoms with van der Waals surface area (Å²) in [7, 11) is -158. The van der Waals surface area contributed by atoms with Crippen molar-refractivity contribution in [2.75, 3.05) is 0 Å². The molecule has 0 aliphatic heterocycles. The summed E-state index contributed by atoms with van der Waals surface area (Å²) in [5.74, 6) is 0. The molecule has 0 aromatic carbocycles. The molecule has 0 fully saturated rings. The van der Waals surface area contributed by atoms with E-state index in [0.29, 0.717) is 6.55 Å². The molecule has 0 rings (SSSR count). The summed E-state index contributed by atoms with van der Waals surface area (Å²) in [6.07, 6.45) is 0. The Labute approximate surface area is 450 Å². The molecule has 0 aromatic rings. The fourth-order valence-electron chi connectivity index (χ4n) is 3.75. The van der Waals surface area contributed by atoms with Gasteiger partial charge in [0.2, 0.25) is 0 Å². The van der Waals surface area contributed by atoms with Crippen molar-refractivity contribution >= 4 is 288 Å². The monoisotopic (exact) mass is 1630 g/mol. The van der Waals surface area contributed by atoms with Gasteiger partial charge in [0, 0.05) is 0 Å². The molecule has 374 valence electrons. The second-order valence-electron chi connectivity index (χ2n) is 12.3. The summed E-state index contributed by atoms with van der Waals surface area (Å²) >= 11 is 0. The van der Waals surface area contributed by atoms with Crippen LogP contribution in [0.25, 0.3) is 0 Å². The second kappa shape index (κ2) is 33.7. The van der Waals surface area contributed by atoms with E-state index in [4.69, 9.17) is 0 Å². The maximum atomic E-state index is 13.1. The standard InChI is InChI=1S/CH6O36Si37/c1-40(43(6)47(10)51(14)55(18)59(22)63(26)67(30)71(34)73(36)69(32)65(28)61(24)57(20)53(16)49(12)45(8)41(4)38-2)44(7)48(11)52(15)56(19)60(23)64(27)68(31)72(35)74(37)70(33)66(29)62(25)58(21)54(17)50(13)46(9)42(5)39-3/h38-40H,1H3. The molecule has 74 heavy (non-hydrogen) atoms. The molecule has 73 heteroatoms. The quantitative estimate of drug-likeness (QED) is 0.0526. The normalized spacial score (nSPS) is 9.86. The lowest BCUT2D eigenvalue weighted by Crippen LogP contribution is -2.59. The van der Waals surface area contributed by atoms with Gasteiger partial charge in [0.25, 0.3) is 0 Å². The largest absolute Gasteiger partial charge is 0.389 e. The summed E-state index contributed by atoms with van der Waals surface area (Å²) < 4.78 is 446. The molecule has 0 radical (unpaired) electrons. The Hall–Kier alpha value is 0.825. The molecule has 0 aliphatic rings. The lowest BCUT2D eigenvalue weighted by atomic mass is 11.9. The fourth-order valence-corrected chi connectivity index (χ4v) is 432. The lowest BCUT2D eigenvalue weighted by Gasteiger charge is -2.00. The van der Waals surface area contributed by atoms with Gasteiger partial charge < -0.3 is 161 Å². The molecule has 0 amide bonds. The highest BCUT2D eigenvalue weighted by atomic mass is 30.1. The van der Waals surface area contributed by atoms with Gasteiger partial charge in [-0.15, -0.1) is 0 Å². The number of hydrogen-bond donors (Lipinski definition) is 0. The van der Waals surface area contributed by atoms with Gasteiger partial charge in [-0.2, -0.15) is 0 Å². The van der Waals surface area contributed by atoms with Gasteiger partial charge in [-0.3, -0.25) is 0 Å². The van der Waals surface area contributed by atoms with Crippen LogP contribution in [0.4, 0.5) is 0 Å². The first-order valence-electron chi connectivity index (χ1n) is 17.1. The minimum atomic E-state index is -4.66. The SMILES string of the molecule is C[SiH]([Si](=O)[Si](=O)[Si](=O)[Si](=O)[Si](=O)[Si](=O)[Si](=O)[Si](=O)[Si](=O)[Si](=O)[Si](=O)[Si](=O)[Si](=O)[Si](=O)[Si](=O)[Si](=O)[Si](=O)[SiH]=O)[Si](=O)[Si](=O)[Si](=O)[Si](=O)[Si](=O)[Si](=O)[Si](=O)[Si](=O)[Si](=O)[Si](=O)[Si](=O)[Si](=O)[Si](=O)[Si](=O)[Si](=O)[Si](=O)[Si](=O)[SiH]=O. The van der Waals surface area contributed by atoms with Gasteiger partial charge in [-0.25, -0.2) is 0 Å². The van der Waals surface area contributed by atoms with E-state index in [1.165, 1.54) is 0 Å². The van der Waals surface area contributed by atoms with Crippen molar-refractivity contribution in [3.63, 3.8) is 0 Å². The van der Waals surface area contributed by atoms with Crippen LogP contribution in [-0.2, 0) is 161 Å². The van der Waals surface area contributed by atoms with Crippen LogP contribution < -0.4 is 0 Å². The van der Waals surface area contributed by atoms with E-state index in [-0.39, 0.29) is 0 Å². The summed E-state index contributed by atoms with van der Waals surface area (Å²) in [6.45, 7) is 0.675. The van der Waals surface area contributed by atoms with E-state index < -0.39 is 288 Å². The Morgan fingerprint density at radius 1 is 0.176 bits per heavy atom. The van der Waals surface area contributed by atoms with Crippen molar-refractivity contribution in [3.8, 4) is 0 Å². The molecule has 0 unspecified atom stereocenters. The Balaban J connectivity index is 5.95. The van der Waals surface area contributed by atoms with Crippen molar-refractivity contribution in [2.45, 2.75) is 6.55 Å². The average Bonchev–Trinajstić information content (AvgIpc) is 3.41. The molecular weight excluding hydrogens is 1630 g/mol. The third-order valence-electron chi connectivity index (χ3n) is 7.67. The zero-order chi connectivity index (χ0) is 58.6. The Morgan fingerprint density at radius 3 is 0.378 bits per heavy atom. The van der Waals surface area contributed by atoms with Crippen molar-refractivity contribution in [1.29, 1.82) is 0 Å². The highest BCUT2D eigenvalue weighted by Crippen LogP contribution is 1.94. The van der Waals surface area contributed by atoms with Crippen LogP contribution in [0.2, 0.25) is 6.55 Å². The van der Waals surface area contributed by atoms with Crippen molar-refractivity contribution in [2.24, 2.45) is 0 Å². The van der Waals surface area contributed by atoms with Gasteiger partial charge in [-0.05, 0) is 0 Å². The van der Waals surface area contributed by atoms with Crippen LogP contribution in [0, 0.1) is 0 Å². The van der Waals surface area contributed by atoms with Crippen LogP contribution in [0.1, 0.15) is 0 Å². The molecule has 0 saturated heterocycles. The Kier molecular flexibility index (Phi) is 34.1. The lowest BCUT2D eigenvalue weighted by molar-refractivity contribution is 0.532. The first kappa shape index (κ1) is 74.8. The summed E-state index contributed by atoms with van der Waals surface area (Å²) in [5.41, 5.74) is 0. The van der Waals surface area contributed by atoms with E-state index >= 15 is 0 Å². The predicted octanol–water partition coefficient (Wildman–Crippen LogP) is -18.6. The molecule has 0 aromatic heterocycles. The van der Waals surface area contributed by atoms with E-state index in [1.54, 1.807) is 0 Å². The van der Waals surface area contributed by atoms with Crippen molar-refractivity contribution < 1.29 is 161 Å². The first-order valence-corrected chi connectivity index (χ1v) is 106. The third kappa shape index (κ3) is 18.9. The third-order valence-corrected chi connectivity index (χ3v) is 295. The van der Waals surface area contributed by atoms with Crippen LogP contribution in [0.15, 0.2) is 0 Å². The highest BCUT2D eigenvalue weighted by molar-refractivity contribution is 7.86. The highest BCUT2D eigenvalue weighted by Gasteiger charge is 2.58. The molecule has 0 heterocycles. The average molecular weight is 1630 g/mol. The second-order valence-corrected chi connectivity index (χ2v) is 191. The number of hydrogen-bond acceptors (Lipinski definition) is 36. The summed E-state index contributed by atoms with van der Waals surface area (Å²) in [5, 5.41) is 0. The molecular formula is CH6O36Si37. The molecule has 0 bridgehead atoms. The first-order chi connectivity index (χ1) is 33.8. The summed E-state index contributed by atoms with van der Waals surface area (Å²) in [4.78, 5) is 0. The van der Waals surface area contributed by atoms with Crippen LogP contribution >= 0.6 is 0 Å². The van der Waals surface area contributed by atoms with Gasteiger partial charge in [-0.1, -0.05) is 6.55 Å². The summed E-state index contributed by atoms with van der Waals surface area (Å²) in [6, 6.07) is 0. The molecule has 0 N–H and O–H groups in total. The minimum Gasteiger partial charge on any atom is -0.389 e. The van der Waals surface area contributed by atoms with Gasteiger partial charge in [0.15, 0.2) is 7.83 Å². The molecule has 0 spiro atoms. The van der Waals surface area contributed by atoms with E-state index in [9.17, 15) is 161 Å². The van der Waals surface area contributed by atoms with Crippen LogP contribution in [-0.4, -0.2) is 288 Å². The zero-order valence-electron chi connectivity index (χ0n) is 34.4. The van der Waals surface area contributed by atoms with Crippen LogP contribution in [0.5, 0.6) is 0 Å². The maximum absolute atomic E-state index is 13.1. The maximum Gasteiger partial charge on any atom is 0.381 e. The predicted molar refractivity (Wildman–Crippen MR) is 248 cm³/mol. The molecule has 0 aliphatic carbocycles. The smallest absolute Gasteiger partial charge is 0.381 e. The fraction of sp³-hybridized carbons (Fsp3) is 1.00. The molecule has 0 saturated carbocycles. The van der Waals surface area contributed by atoms with Crippen LogP contribution in [0.3, 0.4) is 0 Å². The van der Waals surface area contributed by atoms with Gasteiger partial charge in [0.1, 0.15) is 0 Å². The van der Waals surface area contributed by atoms with E-state index in [1.807, 2.05) is 0 Å². The van der Waals surface area contributed by atoms with E-state index in [2.05, 4.69) is 0 Å². The Bertz CT molecular complexity index is 3020.